The second-order valence-electron chi connectivity index (χ2n) is 6.82. The van der Waals surface area contributed by atoms with Crippen molar-refractivity contribution in [3.05, 3.63) is 64.7 Å². The summed E-state index contributed by atoms with van der Waals surface area (Å²) in [5, 5.41) is 0. The third-order valence-electron chi connectivity index (χ3n) is 4.70. The molecule has 0 radical (unpaired) electrons. The number of nitrogens with one attached hydrogen (secondary N) is 1. The molecule has 26 heavy (non-hydrogen) atoms. The Kier molecular flexibility index (Phi) is 5.16. The van der Waals surface area contributed by atoms with Gasteiger partial charge in [-0.3, -0.25) is 0 Å². The molecule has 2 aromatic rings. The van der Waals surface area contributed by atoms with Gasteiger partial charge in [0.05, 0.1) is 17.6 Å². The summed E-state index contributed by atoms with van der Waals surface area (Å²) >= 11 is 0. The Bertz CT molecular complexity index is 915. The monoisotopic (exact) mass is 373 g/mol. The van der Waals surface area contributed by atoms with Gasteiger partial charge in [0, 0.05) is 6.04 Å². The van der Waals surface area contributed by atoms with E-state index < -0.39 is 16.0 Å². The minimum Gasteiger partial charge on any atom is -0.465 e. The zero-order valence-corrected chi connectivity index (χ0v) is 16.0. The maximum atomic E-state index is 13.0. The van der Waals surface area contributed by atoms with E-state index in [0.29, 0.717) is 17.0 Å². The molecular weight excluding hydrogens is 350 g/mol. The lowest BCUT2D eigenvalue weighted by atomic mass is 10.0. The zero-order chi connectivity index (χ0) is 18.9. The Balaban J connectivity index is 1.89. The molecule has 0 heterocycles. The predicted octanol–water partition coefficient (Wildman–Crippen LogP) is 3.52. The van der Waals surface area contributed by atoms with Gasteiger partial charge in [-0.15, -0.1) is 0 Å². The summed E-state index contributed by atoms with van der Waals surface area (Å²) in [6, 6.07) is 12.2. The number of methoxy groups -OCH3 is 1. The lowest BCUT2D eigenvalue weighted by Gasteiger charge is -2.20. The van der Waals surface area contributed by atoms with Gasteiger partial charge in [-0.05, 0) is 61.9 Å². The molecule has 0 aliphatic heterocycles. The molecule has 138 valence electrons. The topological polar surface area (TPSA) is 72.5 Å². The SMILES string of the molecule is COC(=O)c1ccc(S(=O)(=O)NC(c2ccc(C)cc2)C2CC2)c(C)c1. The fourth-order valence-electron chi connectivity index (χ4n) is 3.07. The van der Waals surface area contributed by atoms with E-state index in [1.807, 2.05) is 31.2 Å². The highest BCUT2D eigenvalue weighted by atomic mass is 32.2. The van der Waals surface area contributed by atoms with Crippen molar-refractivity contribution in [2.75, 3.05) is 7.11 Å². The molecule has 2 aromatic carbocycles. The van der Waals surface area contributed by atoms with Gasteiger partial charge in [0.25, 0.3) is 0 Å². The second-order valence-corrected chi connectivity index (χ2v) is 8.50. The van der Waals surface area contributed by atoms with Gasteiger partial charge >= 0.3 is 5.97 Å². The van der Waals surface area contributed by atoms with Gasteiger partial charge < -0.3 is 4.74 Å². The Labute approximate surface area is 154 Å². The van der Waals surface area contributed by atoms with Crippen molar-refractivity contribution in [1.29, 1.82) is 0 Å². The fraction of sp³-hybridized carbons (Fsp3) is 0.350. The third kappa shape index (κ3) is 3.97. The van der Waals surface area contributed by atoms with Crippen molar-refractivity contribution in [1.82, 2.24) is 4.72 Å². The molecule has 3 rings (SSSR count). The molecule has 5 nitrogen and oxygen atoms in total. The largest absolute Gasteiger partial charge is 0.465 e. The second kappa shape index (κ2) is 7.21. The first-order valence-corrected chi connectivity index (χ1v) is 10.1. The number of rotatable bonds is 6. The van der Waals surface area contributed by atoms with E-state index in [1.54, 1.807) is 13.0 Å². The Morgan fingerprint density at radius 2 is 1.77 bits per heavy atom. The van der Waals surface area contributed by atoms with Crippen LogP contribution in [0.1, 0.15) is 45.9 Å². The number of benzene rings is 2. The van der Waals surface area contributed by atoms with Crippen LogP contribution in [0.4, 0.5) is 0 Å². The molecule has 0 spiro atoms. The van der Waals surface area contributed by atoms with E-state index in [1.165, 1.54) is 19.2 Å². The van der Waals surface area contributed by atoms with Crippen LogP contribution in [-0.2, 0) is 14.8 Å². The van der Waals surface area contributed by atoms with Crippen molar-refractivity contribution in [3.8, 4) is 0 Å². The molecule has 0 aromatic heterocycles. The quantitative estimate of drug-likeness (QED) is 0.787. The van der Waals surface area contributed by atoms with Gasteiger partial charge in [0.2, 0.25) is 10.0 Å². The molecule has 6 heteroatoms. The minimum atomic E-state index is -3.70. The fourth-order valence-corrected chi connectivity index (χ4v) is 4.59. The van der Waals surface area contributed by atoms with Crippen LogP contribution in [-0.4, -0.2) is 21.5 Å². The lowest BCUT2D eigenvalue weighted by Crippen LogP contribution is -2.30. The molecular formula is C20H23NO4S. The third-order valence-corrected chi connectivity index (χ3v) is 6.30. The lowest BCUT2D eigenvalue weighted by molar-refractivity contribution is 0.0600. The average molecular weight is 373 g/mol. The number of hydrogen-bond acceptors (Lipinski definition) is 4. The minimum absolute atomic E-state index is 0.183. The molecule has 1 saturated carbocycles. The highest BCUT2D eigenvalue weighted by molar-refractivity contribution is 7.89. The van der Waals surface area contributed by atoms with Crippen LogP contribution >= 0.6 is 0 Å². The first kappa shape index (κ1) is 18.6. The maximum Gasteiger partial charge on any atom is 0.337 e. The van der Waals surface area contributed by atoms with Gasteiger partial charge in [-0.2, -0.15) is 0 Å². The summed E-state index contributed by atoms with van der Waals surface area (Å²) in [4.78, 5) is 11.8. The van der Waals surface area contributed by atoms with Gasteiger partial charge in [0.1, 0.15) is 0 Å². The van der Waals surface area contributed by atoms with E-state index in [0.717, 1.165) is 24.0 Å². The van der Waals surface area contributed by atoms with Crippen molar-refractivity contribution >= 4 is 16.0 Å². The van der Waals surface area contributed by atoms with Crippen LogP contribution in [0.25, 0.3) is 0 Å². The molecule has 1 unspecified atom stereocenters. The molecule has 1 fully saturated rings. The molecule has 1 aliphatic carbocycles. The summed E-state index contributed by atoms with van der Waals surface area (Å²) in [6.45, 7) is 3.69. The molecule has 0 saturated heterocycles. The number of carbonyl (C=O) groups is 1. The van der Waals surface area contributed by atoms with E-state index in [2.05, 4.69) is 9.46 Å². The number of ether oxygens (including phenoxy) is 1. The number of sulfonamides is 1. The molecule has 0 amide bonds. The molecule has 1 atom stereocenters. The maximum absolute atomic E-state index is 13.0. The van der Waals surface area contributed by atoms with Crippen LogP contribution in [0, 0.1) is 19.8 Å². The Morgan fingerprint density at radius 1 is 1.12 bits per heavy atom. The van der Waals surface area contributed by atoms with Crippen LogP contribution in [0.15, 0.2) is 47.4 Å². The summed E-state index contributed by atoms with van der Waals surface area (Å²) in [6.07, 6.45) is 2.03. The summed E-state index contributed by atoms with van der Waals surface area (Å²) in [5.41, 5.74) is 2.96. The Morgan fingerprint density at radius 3 is 2.31 bits per heavy atom. The molecule has 0 bridgehead atoms. The average Bonchev–Trinajstić information content (AvgIpc) is 3.44. The van der Waals surface area contributed by atoms with E-state index in [-0.39, 0.29) is 10.9 Å². The zero-order valence-electron chi connectivity index (χ0n) is 15.2. The van der Waals surface area contributed by atoms with Crippen molar-refractivity contribution in [2.24, 2.45) is 5.92 Å². The number of carbonyl (C=O) groups excluding carboxylic acids is 1. The van der Waals surface area contributed by atoms with Crippen molar-refractivity contribution < 1.29 is 17.9 Å². The van der Waals surface area contributed by atoms with Crippen LogP contribution < -0.4 is 4.72 Å². The van der Waals surface area contributed by atoms with E-state index in [4.69, 9.17) is 0 Å². The highest BCUT2D eigenvalue weighted by Gasteiger charge is 2.35. The Hall–Kier alpha value is -2.18. The van der Waals surface area contributed by atoms with Crippen LogP contribution in [0.3, 0.4) is 0 Å². The summed E-state index contributed by atoms with van der Waals surface area (Å²) in [7, 11) is -2.41. The van der Waals surface area contributed by atoms with Gasteiger partial charge in [0.15, 0.2) is 0 Å². The van der Waals surface area contributed by atoms with E-state index >= 15 is 0 Å². The van der Waals surface area contributed by atoms with Gasteiger partial charge in [-0.1, -0.05) is 29.8 Å². The summed E-state index contributed by atoms with van der Waals surface area (Å²) in [5.74, 6) is -0.164. The molecule has 1 aliphatic rings. The van der Waals surface area contributed by atoms with Crippen LogP contribution in [0.5, 0.6) is 0 Å². The van der Waals surface area contributed by atoms with Gasteiger partial charge in [-0.25, -0.2) is 17.9 Å². The first-order valence-electron chi connectivity index (χ1n) is 8.59. The first-order chi connectivity index (χ1) is 12.3. The van der Waals surface area contributed by atoms with Crippen molar-refractivity contribution in [2.45, 2.75) is 37.6 Å². The van der Waals surface area contributed by atoms with Crippen LogP contribution in [0.2, 0.25) is 0 Å². The number of hydrogen-bond donors (Lipinski definition) is 1. The number of esters is 1. The normalized spacial score (nSPS) is 15.5. The standard InChI is InChI=1S/C20H23NO4S/c1-13-4-6-15(7-5-13)19(16-8-9-16)21-26(23,24)18-11-10-17(12-14(18)2)20(22)25-3/h4-7,10-12,16,19,21H,8-9H2,1-3H3. The number of aryl methyl sites for hydroxylation is 2. The molecule has 1 N–H and O–H groups in total. The van der Waals surface area contributed by atoms with E-state index in [9.17, 15) is 13.2 Å². The summed E-state index contributed by atoms with van der Waals surface area (Å²) < 4.78 is 33.5. The predicted molar refractivity (Wildman–Crippen MR) is 99.5 cm³/mol. The smallest absolute Gasteiger partial charge is 0.337 e. The highest BCUT2D eigenvalue weighted by Crippen LogP contribution is 2.42. The van der Waals surface area contributed by atoms with Crippen molar-refractivity contribution in [3.63, 3.8) is 0 Å².